The molecular weight excluding hydrogens is 192 g/mol. The normalized spacial score (nSPS) is 19.2. The Bertz CT molecular complexity index is 268. The highest BCUT2D eigenvalue weighted by Gasteiger charge is 2.27. The van der Waals surface area contributed by atoms with Crippen molar-refractivity contribution in [2.75, 3.05) is 18.0 Å². The largest absolute Gasteiger partial charge is 0.338 e. The van der Waals surface area contributed by atoms with Crippen LogP contribution in [0.1, 0.15) is 12.8 Å². The number of nitrogens with one attached hydrogen (secondary N) is 1. The predicted molar refractivity (Wildman–Crippen MR) is 45.1 cm³/mol. The fourth-order valence-corrected chi connectivity index (χ4v) is 1.64. The number of tetrazole rings is 1. The van der Waals surface area contributed by atoms with Crippen LogP contribution in [-0.2, 0) is 0 Å². The second-order valence-corrected chi connectivity index (χ2v) is 3.37. The zero-order valence-electron chi connectivity index (χ0n) is 7.53. The highest BCUT2D eigenvalue weighted by molar-refractivity contribution is 5.26. The lowest BCUT2D eigenvalue weighted by atomic mass is 9.98. The van der Waals surface area contributed by atoms with Gasteiger partial charge in [-0.25, -0.2) is 8.78 Å². The van der Waals surface area contributed by atoms with Gasteiger partial charge in [-0.3, -0.25) is 0 Å². The Kier molecular flexibility index (Phi) is 2.55. The fraction of sp³-hybridized carbons (Fsp3) is 0.857. The van der Waals surface area contributed by atoms with Crippen molar-refractivity contribution >= 4 is 5.95 Å². The smallest absolute Gasteiger partial charge is 0.265 e. The van der Waals surface area contributed by atoms with Crippen molar-refractivity contribution < 1.29 is 8.78 Å². The third-order valence-corrected chi connectivity index (χ3v) is 2.51. The molecule has 0 saturated carbocycles. The van der Waals surface area contributed by atoms with Crippen LogP contribution in [0.3, 0.4) is 0 Å². The maximum absolute atomic E-state index is 12.3. The summed E-state index contributed by atoms with van der Waals surface area (Å²) in [5.41, 5.74) is 0. The molecule has 1 aliphatic heterocycles. The van der Waals surface area contributed by atoms with Gasteiger partial charge in [0.2, 0.25) is 6.43 Å². The van der Waals surface area contributed by atoms with Crippen molar-refractivity contribution in [3.63, 3.8) is 0 Å². The van der Waals surface area contributed by atoms with Crippen LogP contribution in [0.25, 0.3) is 0 Å². The molecule has 0 aliphatic carbocycles. The lowest BCUT2D eigenvalue weighted by Gasteiger charge is -2.30. The standard InChI is InChI=1S/C7H11F2N5/c8-6(9)5-1-3-14(4-2-5)7-10-12-13-11-7/h5-6H,1-4H2,(H,10,11,12,13). The van der Waals surface area contributed by atoms with Gasteiger partial charge in [-0.15, -0.1) is 5.10 Å². The molecule has 1 saturated heterocycles. The van der Waals surface area contributed by atoms with Gasteiger partial charge in [0.15, 0.2) is 0 Å². The van der Waals surface area contributed by atoms with E-state index in [1.807, 2.05) is 4.90 Å². The van der Waals surface area contributed by atoms with E-state index in [0.29, 0.717) is 31.9 Å². The van der Waals surface area contributed by atoms with Crippen LogP contribution in [0.2, 0.25) is 0 Å². The van der Waals surface area contributed by atoms with E-state index < -0.39 is 12.3 Å². The van der Waals surface area contributed by atoms with Gasteiger partial charge in [-0.05, 0) is 18.1 Å². The molecule has 0 atom stereocenters. The quantitative estimate of drug-likeness (QED) is 0.768. The van der Waals surface area contributed by atoms with Crippen molar-refractivity contribution in [2.24, 2.45) is 5.92 Å². The fourth-order valence-electron chi connectivity index (χ4n) is 1.64. The van der Waals surface area contributed by atoms with Crippen LogP contribution in [0.15, 0.2) is 0 Å². The first-order valence-corrected chi connectivity index (χ1v) is 4.54. The molecule has 7 heteroatoms. The van der Waals surface area contributed by atoms with Crippen LogP contribution in [0, 0.1) is 5.92 Å². The van der Waals surface area contributed by atoms with E-state index in [0.717, 1.165) is 0 Å². The van der Waals surface area contributed by atoms with Gasteiger partial charge in [-0.1, -0.05) is 5.10 Å². The minimum atomic E-state index is -2.21. The zero-order valence-corrected chi connectivity index (χ0v) is 7.53. The first-order chi connectivity index (χ1) is 6.77. The molecule has 1 aromatic heterocycles. The van der Waals surface area contributed by atoms with Gasteiger partial charge in [0.05, 0.1) is 0 Å². The summed E-state index contributed by atoms with van der Waals surface area (Å²) in [7, 11) is 0. The van der Waals surface area contributed by atoms with Gasteiger partial charge in [-0.2, -0.15) is 5.21 Å². The number of aromatic nitrogens is 4. The molecule has 14 heavy (non-hydrogen) atoms. The minimum absolute atomic E-state index is 0.474. The molecule has 0 radical (unpaired) electrons. The van der Waals surface area contributed by atoms with Crippen LogP contribution >= 0.6 is 0 Å². The summed E-state index contributed by atoms with van der Waals surface area (Å²) in [6, 6.07) is 0. The Morgan fingerprint density at radius 1 is 1.36 bits per heavy atom. The Morgan fingerprint density at radius 2 is 2.07 bits per heavy atom. The average molecular weight is 203 g/mol. The van der Waals surface area contributed by atoms with E-state index in [9.17, 15) is 8.78 Å². The topological polar surface area (TPSA) is 57.7 Å². The van der Waals surface area contributed by atoms with Crippen molar-refractivity contribution in [3.8, 4) is 0 Å². The van der Waals surface area contributed by atoms with E-state index in [-0.39, 0.29) is 0 Å². The van der Waals surface area contributed by atoms with Gasteiger partial charge >= 0.3 is 0 Å². The number of piperidine rings is 1. The number of aromatic amines is 1. The van der Waals surface area contributed by atoms with Crippen molar-refractivity contribution in [3.05, 3.63) is 0 Å². The van der Waals surface area contributed by atoms with Crippen LogP contribution in [0.5, 0.6) is 0 Å². The van der Waals surface area contributed by atoms with E-state index in [2.05, 4.69) is 20.6 Å². The molecule has 1 N–H and O–H groups in total. The second-order valence-electron chi connectivity index (χ2n) is 3.37. The number of nitrogens with zero attached hydrogens (tertiary/aromatic N) is 4. The summed E-state index contributed by atoms with van der Waals surface area (Å²) in [6.45, 7) is 1.16. The molecule has 0 amide bonds. The lowest BCUT2D eigenvalue weighted by Crippen LogP contribution is -2.36. The third-order valence-electron chi connectivity index (χ3n) is 2.51. The number of hydrogen-bond donors (Lipinski definition) is 1. The summed E-state index contributed by atoms with van der Waals surface area (Å²) >= 11 is 0. The summed E-state index contributed by atoms with van der Waals surface area (Å²) in [4.78, 5) is 1.86. The number of alkyl halides is 2. The third kappa shape index (κ3) is 1.80. The van der Waals surface area contributed by atoms with Crippen molar-refractivity contribution in [1.82, 2.24) is 20.6 Å². The van der Waals surface area contributed by atoms with Crippen LogP contribution in [0.4, 0.5) is 14.7 Å². The summed E-state index contributed by atoms with van der Waals surface area (Å²) in [6.07, 6.45) is -1.22. The maximum Gasteiger partial charge on any atom is 0.265 e. The summed E-state index contributed by atoms with van der Waals surface area (Å²) < 4.78 is 24.6. The van der Waals surface area contributed by atoms with Crippen molar-refractivity contribution in [1.29, 1.82) is 0 Å². The molecule has 2 heterocycles. The van der Waals surface area contributed by atoms with Crippen LogP contribution in [-0.4, -0.2) is 40.1 Å². The van der Waals surface area contributed by atoms with E-state index >= 15 is 0 Å². The molecule has 1 aliphatic rings. The highest BCUT2D eigenvalue weighted by Crippen LogP contribution is 2.24. The molecule has 78 valence electrons. The summed E-state index contributed by atoms with van der Waals surface area (Å²) in [5, 5.41) is 13.4. The molecule has 2 rings (SSSR count). The monoisotopic (exact) mass is 203 g/mol. The zero-order chi connectivity index (χ0) is 9.97. The van der Waals surface area contributed by atoms with Gasteiger partial charge < -0.3 is 4.90 Å². The number of halogens is 2. The Labute approximate surface area is 79.5 Å². The van der Waals surface area contributed by atoms with Gasteiger partial charge in [0, 0.05) is 19.0 Å². The Hall–Kier alpha value is -1.27. The van der Waals surface area contributed by atoms with Gasteiger partial charge in [0.1, 0.15) is 0 Å². The maximum atomic E-state index is 12.3. The molecule has 1 fully saturated rings. The highest BCUT2D eigenvalue weighted by atomic mass is 19.3. The average Bonchev–Trinajstić information content (AvgIpc) is 2.71. The Balaban J connectivity index is 1.90. The number of rotatable bonds is 2. The molecular formula is C7H11F2N5. The summed E-state index contributed by atoms with van der Waals surface area (Å²) in [5.74, 6) is 0.0240. The molecule has 0 aromatic carbocycles. The van der Waals surface area contributed by atoms with Crippen molar-refractivity contribution in [2.45, 2.75) is 19.3 Å². The lowest BCUT2D eigenvalue weighted by molar-refractivity contribution is 0.0634. The molecule has 5 nitrogen and oxygen atoms in total. The molecule has 0 bridgehead atoms. The first kappa shape index (κ1) is 9.29. The van der Waals surface area contributed by atoms with E-state index in [4.69, 9.17) is 0 Å². The number of H-pyrrole nitrogens is 1. The van der Waals surface area contributed by atoms with E-state index in [1.54, 1.807) is 0 Å². The predicted octanol–water partition coefficient (Wildman–Crippen LogP) is 0.681. The SMILES string of the molecule is FC(F)C1CCN(c2nn[nH]n2)CC1. The Morgan fingerprint density at radius 3 is 2.57 bits per heavy atom. The molecule has 0 unspecified atom stereocenters. The minimum Gasteiger partial charge on any atom is -0.338 e. The molecule has 0 spiro atoms. The molecule has 1 aromatic rings. The first-order valence-electron chi connectivity index (χ1n) is 4.54. The van der Waals surface area contributed by atoms with Crippen LogP contribution < -0.4 is 4.90 Å². The van der Waals surface area contributed by atoms with Gasteiger partial charge in [0.25, 0.3) is 5.95 Å². The number of hydrogen-bond acceptors (Lipinski definition) is 4. The number of anilines is 1. The van der Waals surface area contributed by atoms with E-state index in [1.165, 1.54) is 0 Å². The second kappa shape index (κ2) is 3.85.